The Labute approximate surface area is 206 Å². The molecule has 1 aliphatic heterocycles. The van der Waals surface area contributed by atoms with Crippen LogP contribution in [0.4, 0.5) is 0 Å². The van der Waals surface area contributed by atoms with Crippen LogP contribution in [0.3, 0.4) is 0 Å². The van der Waals surface area contributed by atoms with E-state index in [1.165, 1.54) is 17.9 Å². The Morgan fingerprint density at radius 2 is 2.00 bits per heavy atom. The van der Waals surface area contributed by atoms with Crippen molar-refractivity contribution in [1.29, 1.82) is 0 Å². The number of piperidine rings is 1. The van der Waals surface area contributed by atoms with Gasteiger partial charge in [0.05, 0.1) is 0 Å². The van der Waals surface area contributed by atoms with Crippen molar-refractivity contribution in [1.82, 2.24) is 19.9 Å². The molecule has 1 aliphatic rings. The summed E-state index contributed by atoms with van der Waals surface area (Å²) in [7, 11) is -3.74. The summed E-state index contributed by atoms with van der Waals surface area (Å²) < 4.78 is 28.1. The first kappa shape index (κ1) is 24.9. The molecular weight excluding hydrogens is 490 g/mol. The van der Waals surface area contributed by atoms with Crippen molar-refractivity contribution < 1.29 is 22.8 Å². The van der Waals surface area contributed by atoms with Crippen LogP contribution in [0.1, 0.15) is 25.3 Å². The molecule has 10 nitrogen and oxygen atoms in total. The van der Waals surface area contributed by atoms with Crippen LogP contribution in [-0.4, -0.2) is 60.7 Å². The Morgan fingerprint density at radius 3 is 2.69 bits per heavy atom. The topological polar surface area (TPSA) is 154 Å². The van der Waals surface area contributed by atoms with E-state index in [1.807, 2.05) is 24.3 Å². The van der Waals surface area contributed by atoms with Gasteiger partial charge in [-0.15, -0.1) is 11.3 Å². The molecule has 1 fully saturated rings. The Bertz CT molecular complexity index is 1340. The number of hydrogen-bond acceptors (Lipinski definition) is 6. The standard InChI is InChI=1S/C23H27N5O5S2/c1-14(29)28-9-8-16(27-35(32,33)21-7-4-10-34-21)12-20(28)23(31)26-19(22(24)30)11-15-13-25-18-6-3-2-5-17(15)18/h2-7,10,13,16,19-20,25,27H,8-9,11-12H2,1H3,(H2,24,30)(H,26,31). The van der Waals surface area contributed by atoms with Crippen LogP contribution in [0.15, 0.2) is 52.2 Å². The molecule has 0 bridgehead atoms. The molecule has 0 saturated carbocycles. The van der Waals surface area contributed by atoms with Gasteiger partial charge in [0, 0.05) is 43.0 Å². The third-order valence-electron chi connectivity index (χ3n) is 6.15. The predicted molar refractivity (Wildman–Crippen MR) is 132 cm³/mol. The number of H-pyrrole nitrogens is 1. The SMILES string of the molecule is CC(=O)N1CCC(NS(=O)(=O)c2cccs2)CC1C(=O)NC(Cc1c[nH]c2ccccc12)C(N)=O. The zero-order valence-corrected chi connectivity index (χ0v) is 20.7. The Hall–Kier alpha value is -3.22. The molecule has 3 amide bonds. The van der Waals surface area contributed by atoms with Gasteiger partial charge in [-0.05, 0) is 35.9 Å². The summed E-state index contributed by atoms with van der Waals surface area (Å²) in [4.78, 5) is 42.2. The normalized spacial score (nSPS) is 19.4. The summed E-state index contributed by atoms with van der Waals surface area (Å²) in [6, 6.07) is 8.23. The fourth-order valence-electron chi connectivity index (χ4n) is 4.40. The summed E-state index contributed by atoms with van der Waals surface area (Å²) >= 11 is 1.10. The van der Waals surface area contributed by atoms with Crippen molar-refractivity contribution in [3.63, 3.8) is 0 Å². The number of primary amides is 1. The number of nitrogens with zero attached hydrogens (tertiary/aromatic N) is 1. The number of carbonyl (C=O) groups is 3. The van der Waals surface area contributed by atoms with Gasteiger partial charge in [0.1, 0.15) is 16.3 Å². The van der Waals surface area contributed by atoms with E-state index in [1.54, 1.807) is 17.6 Å². The number of aromatic nitrogens is 1. The number of rotatable bonds is 8. The molecule has 4 rings (SSSR count). The number of carbonyl (C=O) groups excluding carboxylic acids is 3. The molecule has 0 radical (unpaired) electrons. The zero-order valence-electron chi connectivity index (χ0n) is 19.1. The van der Waals surface area contributed by atoms with Crippen LogP contribution in [0.2, 0.25) is 0 Å². The molecule has 1 aromatic carbocycles. The maximum atomic E-state index is 13.3. The van der Waals surface area contributed by atoms with Crippen molar-refractivity contribution in [2.75, 3.05) is 6.54 Å². The lowest BCUT2D eigenvalue weighted by molar-refractivity contribution is -0.142. The zero-order chi connectivity index (χ0) is 25.2. The number of nitrogens with one attached hydrogen (secondary N) is 3. The van der Waals surface area contributed by atoms with Crippen molar-refractivity contribution >= 4 is 50.0 Å². The van der Waals surface area contributed by atoms with Crippen molar-refractivity contribution in [2.45, 2.75) is 48.5 Å². The maximum Gasteiger partial charge on any atom is 0.250 e. The molecule has 35 heavy (non-hydrogen) atoms. The van der Waals surface area contributed by atoms with Crippen molar-refractivity contribution in [2.24, 2.45) is 5.73 Å². The molecule has 5 N–H and O–H groups in total. The van der Waals surface area contributed by atoms with E-state index >= 15 is 0 Å². The fraction of sp³-hybridized carbons (Fsp3) is 0.348. The van der Waals surface area contributed by atoms with Gasteiger partial charge in [-0.1, -0.05) is 24.3 Å². The van der Waals surface area contributed by atoms with E-state index < -0.39 is 40.0 Å². The highest BCUT2D eigenvalue weighted by Gasteiger charge is 2.38. The molecule has 3 heterocycles. The van der Waals surface area contributed by atoms with Gasteiger partial charge in [0.25, 0.3) is 0 Å². The highest BCUT2D eigenvalue weighted by molar-refractivity contribution is 7.91. The van der Waals surface area contributed by atoms with E-state index in [0.717, 1.165) is 27.8 Å². The van der Waals surface area contributed by atoms with Gasteiger partial charge >= 0.3 is 0 Å². The summed E-state index contributed by atoms with van der Waals surface area (Å²) in [5.74, 6) is -1.57. The average Bonchev–Trinajstić information content (AvgIpc) is 3.49. The Kier molecular flexibility index (Phi) is 7.24. The highest BCUT2D eigenvalue weighted by atomic mass is 32.2. The second kappa shape index (κ2) is 10.2. The summed E-state index contributed by atoms with van der Waals surface area (Å²) in [5.41, 5.74) is 7.31. The largest absolute Gasteiger partial charge is 0.368 e. The van der Waals surface area contributed by atoms with Crippen LogP contribution >= 0.6 is 11.3 Å². The van der Waals surface area contributed by atoms with Gasteiger partial charge in [-0.2, -0.15) is 0 Å². The quantitative estimate of drug-likeness (QED) is 0.352. The third-order valence-corrected chi connectivity index (χ3v) is 9.07. The van der Waals surface area contributed by atoms with Crippen molar-refractivity contribution in [3.8, 4) is 0 Å². The number of benzene rings is 1. The van der Waals surface area contributed by atoms with Gasteiger partial charge in [-0.25, -0.2) is 13.1 Å². The molecule has 0 spiro atoms. The van der Waals surface area contributed by atoms with E-state index in [-0.39, 0.29) is 29.5 Å². The molecule has 3 aromatic rings. The van der Waals surface area contributed by atoms with Gasteiger partial charge < -0.3 is 20.9 Å². The first-order valence-electron chi connectivity index (χ1n) is 11.1. The molecule has 0 aliphatic carbocycles. The van der Waals surface area contributed by atoms with Crippen molar-refractivity contribution in [3.05, 3.63) is 53.5 Å². The van der Waals surface area contributed by atoms with Crippen LogP contribution in [0, 0.1) is 0 Å². The lowest BCUT2D eigenvalue weighted by Crippen LogP contribution is -2.59. The number of fused-ring (bicyclic) bond motifs is 1. The Balaban J connectivity index is 1.50. The number of hydrogen-bond donors (Lipinski definition) is 4. The number of para-hydroxylation sites is 1. The molecule has 12 heteroatoms. The molecule has 3 unspecified atom stereocenters. The minimum Gasteiger partial charge on any atom is -0.368 e. The molecule has 186 valence electrons. The van der Waals surface area contributed by atoms with Gasteiger partial charge in [0.15, 0.2) is 0 Å². The minimum atomic E-state index is -3.74. The first-order chi connectivity index (χ1) is 16.7. The summed E-state index contributed by atoms with van der Waals surface area (Å²) in [5, 5.41) is 5.27. The number of nitrogens with two attached hydrogens (primary N) is 1. The number of aromatic amines is 1. The average molecular weight is 518 g/mol. The highest BCUT2D eigenvalue weighted by Crippen LogP contribution is 2.23. The second-order valence-electron chi connectivity index (χ2n) is 8.53. The van der Waals surface area contributed by atoms with E-state index in [4.69, 9.17) is 5.73 Å². The summed E-state index contributed by atoms with van der Waals surface area (Å²) in [6.07, 6.45) is 2.38. The molecule has 3 atom stereocenters. The second-order valence-corrected chi connectivity index (χ2v) is 11.4. The van der Waals surface area contributed by atoms with Crippen LogP contribution < -0.4 is 15.8 Å². The molecule has 2 aromatic heterocycles. The van der Waals surface area contributed by atoms with Crippen LogP contribution in [0.5, 0.6) is 0 Å². The first-order valence-corrected chi connectivity index (χ1v) is 13.5. The number of amides is 3. The number of thiophene rings is 1. The number of sulfonamides is 1. The number of likely N-dealkylation sites (tertiary alicyclic amines) is 1. The minimum absolute atomic E-state index is 0.0780. The molecule has 1 saturated heterocycles. The van der Waals surface area contributed by atoms with Crippen LogP contribution in [0.25, 0.3) is 10.9 Å². The van der Waals surface area contributed by atoms with E-state index in [9.17, 15) is 22.8 Å². The summed E-state index contributed by atoms with van der Waals surface area (Å²) in [6.45, 7) is 1.56. The lowest BCUT2D eigenvalue weighted by atomic mass is 9.96. The fourth-order valence-corrected chi connectivity index (χ4v) is 6.70. The maximum absolute atomic E-state index is 13.3. The monoisotopic (exact) mass is 517 g/mol. The molecular formula is C23H27N5O5S2. The lowest BCUT2D eigenvalue weighted by Gasteiger charge is -2.38. The van der Waals surface area contributed by atoms with E-state index in [0.29, 0.717) is 6.42 Å². The third kappa shape index (κ3) is 5.55. The van der Waals surface area contributed by atoms with E-state index in [2.05, 4.69) is 15.0 Å². The van der Waals surface area contributed by atoms with Gasteiger partial charge in [0.2, 0.25) is 27.7 Å². The van der Waals surface area contributed by atoms with Gasteiger partial charge in [-0.3, -0.25) is 14.4 Å². The predicted octanol–water partition coefficient (Wildman–Crippen LogP) is 1.10. The van der Waals surface area contributed by atoms with Crippen LogP contribution in [-0.2, 0) is 30.8 Å². The Morgan fingerprint density at radius 1 is 1.23 bits per heavy atom. The smallest absolute Gasteiger partial charge is 0.250 e.